The van der Waals surface area contributed by atoms with Gasteiger partial charge in [0.05, 0.1) is 6.61 Å². The zero-order valence-electron chi connectivity index (χ0n) is 12.1. The number of anilines is 1. The normalized spacial score (nSPS) is 17.8. The summed E-state index contributed by atoms with van der Waals surface area (Å²) in [6.45, 7) is 7.38. The minimum Gasteiger partial charge on any atom is -0.383 e. The predicted molar refractivity (Wildman–Crippen MR) is 79.0 cm³/mol. The Bertz CT molecular complexity index is 376. The van der Waals surface area contributed by atoms with Crippen LogP contribution in [0, 0.1) is 12.8 Å². The third-order valence-electron chi connectivity index (χ3n) is 3.69. The second kappa shape index (κ2) is 7.17. The molecule has 0 radical (unpaired) electrons. The number of aryl methyl sites for hydroxylation is 1. The van der Waals surface area contributed by atoms with Crippen molar-refractivity contribution in [2.75, 3.05) is 51.8 Å². The molecule has 0 spiro atoms. The van der Waals surface area contributed by atoms with E-state index in [1.807, 2.05) is 6.92 Å². The number of likely N-dealkylation sites (tertiary alicyclic amines) is 1. The van der Waals surface area contributed by atoms with Crippen LogP contribution in [-0.2, 0) is 4.74 Å². The lowest BCUT2D eigenvalue weighted by atomic mass is 9.96. The highest BCUT2D eigenvalue weighted by atomic mass is 32.1. The first-order valence-corrected chi connectivity index (χ1v) is 7.73. The molecule has 0 unspecified atom stereocenters. The van der Waals surface area contributed by atoms with E-state index in [9.17, 15) is 0 Å². The molecule has 108 valence electrons. The molecule has 1 saturated heterocycles. The summed E-state index contributed by atoms with van der Waals surface area (Å²) < 4.78 is 5.13. The molecule has 1 aromatic heterocycles. The van der Waals surface area contributed by atoms with Gasteiger partial charge in [-0.15, -0.1) is 10.2 Å². The monoisotopic (exact) mass is 284 g/mol. The molecule has 6 heteroatoms. The molecule has 19 heavy (non-hydrogen) atoms. The highest BCUT2D eigenvalue weighted by molar-refractivity contribution is 7.15. The maximum absolute atomic E-state index is 5.13. The van der Waals surface area contributed by atoms with Crippen molar-refractivity contribution in [1.82, 2.24) is 15.1 Å². The van der Waals surface area contributed by atoms with Crippen molar-refractivity contribution in [3.05, 3.63) is 5.01 Å². The summed E-state index contributed by atoms with van der Waals surface area (Å²) in [7, 11) is 3.89. The van der Waals surface area contributed by atoms with Crippen LogP contribution < -0.4 is 4.90 Å². The molecule has 0 aromatic carbocycles. The number of ether oxygens (including phenoxy) is 1. The van der Waals surface area contributed by atoms with Gasteiger partial charge in [-0.3, -0.25) is 0 Å². The van der Waals surface area contributed by atoms with Crippen LogP contribution in [0.5, 0.6) is 0 Å². The Morgan fingerprint density at radius 2 is 2.11 bits per heavy atom. The maximum atomic E-state index is 5.13. The van der Waals surface area contributed by atoms with Crippen LogP contribution in [0.15, 0.2) is 0 Å². The lowest BCUT2D eigenvalue weighted by molar-refractivity contribution is 0.121. The summed E-state index contributed by atoms with van der Waals surface area (Å²) in [5, 5.41) is 10.4. The molecule has 1 aromatic rings. The second-order valence-corrected chi connectivity index (χ2v) is 6.42. The van der Waals surface area contributed by atoms with Gasteiger partial charge in [0.2, 0.25) is 5.13 Å². The fraction of sp³-hybridized carbons (Fsp3) is 0.846. The second-order valence-electron chi connectivity index (χ2n) is 5.26. The molecule has 5 nitrogen and oxygen atoms in total. The van der Waals surface area contributed by atoms with Crippen LogP contribution in [0.3, 0.4) is 0 Å². The van der Waals surface area contributed by atoms with Crippen molar-refractivity contribution < 1.29 is 4.74 Å². The minimum atomic E-state index is 0.771. The van der Waals surface area contributed by atoms with Gasteiger partial charge in [-0.2, -0.15) is 0 Å². The fourth-order valence-corrected chi connectivity index (χ4v) is 3.18. The molecule has 1 aliphatic rings. The highest BCUT2D eigenvalue weighted by Crippen LogP contribution is 2.23. The van der Waals surface area contributed by atoms with Crippen LogP contribution in [-0.4, -0.2) is 62.0 Å². The van der Waals surface area contributed by atoms with E-state index in [4.69, 9.17) is 4.74 Å². The molecule has 2 rings (SSSR count). The molecule has 2 heterocycles. The Kier molecular flexibility index (Phi) is 5.54. The standard InChI is InChI=1S/C13H24N4OS/c1-11-14-15-13(19-11)16(2)10-12-4-6-17(7-5-12)8-9-18-3/h12H,4-10H2,1-3H3. The number of hydrogen-bond acceptors (Lipinski definition) is 6. The molecule has 1 fully saturated rings. The van der Waals surface area contributed by atoms with Crippen molar-refractivity contribution in [1.29, 1.82) is 0 Å². The third-order valence-corrected chi connectivity index (χ3v) is 4.65. The first-order valence-electron chi connectivity index (χ1n) is 6.91. The van der Waals surface area contributed by atoms with Gasteiger partial charge in [0.15, 0.2) is 0 Å². The van der Waals surface area contributed by atoms with Gasteiger partial charge in [-0.25, -0.2) is 0 Å². The van der Waals surface area contributed by atoms with Crippen molar-refractivity contribution in [3.8, 4) is 0 Å². The lowest BCUT2D eigenvalue weighted by Crippen LogP contribution is -2.39. The molecule has 0 bridgehead atoms. The number of piperidine rings is 1. The van der Waals surface area contributed by atoms with Gasteiger partial charge in [-0.05, 0) is 38.8 Å². The Morgan fingerprint density at radius 1 is 1.37 bits per heavy atom. The van der Waals surface area contributed by atoms with E-state index in [1.165, 1.54) is 25.9 Å². The summed E-state index contributed by atoms with van der Waals surface area (Å²) >= 11 is 1.67. The zero-order chi connectivity index (χ0) is 13.7. The summed E-state index contributed by atoms with van der Waals surface area (Å²) in [4.78, 5) is 4.75. The SMILES string of the molecule is COCCN1CCC(CN(C)c2nnc(C)s2)CC1. The van der Waals surface area contributed by atoms with Crippen LogP contribution in [0.25, 0.3) is 0 Å². The van der Waals surface area contributed by atoms with E-state index < -0.39 is 0 Å². The summed E-state index contributed by atoms with van der Waals surface area (Å²) in [6, 6.07) is 0. The van der Waals surface area contributed by atoms with Crippen molar-refractivity contribution in [3.63, 3.8) is 0 Å². The predicted octanol–water partition coefficient (Wildman–Crippen LogP) is 1.64. The van der Waals surface area contributed by atoms with E-state index in [2.05, 4.69) is 27.0 Å². The van der Waals surface area contributed by atoms with Gasteiger partial charge in [0.1, 0.15) is 5.01 Å². The Hall–Kier alpha value is -0.720. The topological polar surface area (TPSA) is 41.5 Å². The summed E-state index contributed by atoms with van der Waals surface area (Å²) in [5.74, 6) is 0.771. The number of methoxy groups -OCH3 is 1. The smallest absolute Gasteiger partial charge is 0.208 e. The van der Waals surface area contributed by atoms with Crippen LogP contribution in [0.4, 0.5) is 5.13 Å². The number of rotatable bonds is 6. The fourth-order valence-electron chi connectivity index (χ4n) is 2.52. The molecular weight excluding hydrogens is 260 g/mol. The van der Waals surface area contributed by atoms with E-state index in [0.29, 0.717) is 0 Å². The average molecular weight is 284 g/mol. The molecule has 0 amide bonds. The maximum Gasteiger partial charge on any atom is 0.208 e. The Labute approximate surface area is 119 Å². The van der Waals surface area contributed by atoms with Gasteiger partial charge in [0, 0.05) is 27.2 Å². The Morgan fingerprint density at radius 3 is 2.68 bits per heavy atom. The van der Waals surface area contributed by atoms with Crippen molar-refractivity contribution in [2.24, 2.45) is 5.92 Å². The summed E-state index contributed by atoms with van der Waals surface area (Å²) in [5.41, 5.74) is 0. The molecule has 0 aliphatic carbocycles. The summed E-state index contributed by atoms with van der Waals surface area (Å²) in [6.07, 6.45) is 2.54. The van der Waals surface area contributed by atoms with Crippen LogP contribution in [0.1, 0.15) is 17.8 Å². The van der Waals surface area contributed by atoms with Gasteiger partial charge in [-0.1, -0.05) is 11.3 Å². The minimum absolute atomic E-state index is 0.771. The van der Waals surface area contributed by atoms with E-state index >= 15 is 0 Å². The van der Waals surface area contributed by atoms with Crippen LogP contribution >= 0.6 is 11.3 Å². The average Bonchev–Trinajstić information content (AvgIpc) is 2.85. The van der Waals surface area contributed by atoms with Gasteiger partial charge >= 0.3 is 0 Å². The van der Waals surface area contributed by atoms with Gasteiger partial charge in [0.25, 0.3) is 0 Å². The number of aromatic nitrogens is 2. The third kappa shape index (κ3) is 4.40. The highest BCUT2D eigenvalue weighted by Gasteiger charge is 2.21. The quantitative estimate of drug-likeness (QED) is 0.794. The van der Waals surface area contributed by atoms with E-state index in [1.54, 1.807) is 18.4 Å². The first kappa shape index (κ1) is 14.7. The lowest BCUT2D eigenvalue weighted by Gasteiger charge is -2.33. The first-order chi connectivity index (χ1) is 9.19. The van der Waals surface area contributed by atoms with Crippen molar-refractivity contribution >= 4 is 16.5 Å². The number of hydrogen-bond donors (Lipinski definition) is 0. The molecule has 1 aliphatic heterocycles. The molecular formula is C13H24N4OS. The zero-order valence-corrected chi connectivity index (χ0v) is 12.9. The van der Waals surface area contributed by atoms with E-state index in [-0.39, 0.29) is 0 Å². The molecule has 0 N–H and O–H groups in total. The van der Waals surface area contributed by atoms with Gasteiger partial charge < -0.3 is 14.5 Å². The van der Waals surface area contributed by atoms with E-state index in [0.717, 1.165) is 35.8 Å². The number of nitrogens with zero attached hydrogens (tertiary/aromatic N) is 4. The largest absolute Gasteiger partial charge is 0.383 e. The molecule has 0 saturated carbocycles. The molecule has 0 atom stereocenters. The Balaban J connectivity index is 1.73. The van der Waals surface area contributed by atoms with Crippen molar-refractivity contribution in [2.45, 2.75) is 19.8 Å². The van der Waals surface area contributed by atoms with Crippen LogP contribution in [0.2, 0.25) is 0 Å².